The standard InChI is InChI=1S/C15H17F3N2O/c1-3-14(4-2,10-19)13(21)20-9-11-7-5-6-8-12(11)15(16,17)18/h5-8H,3-4,9H2,1-2H3,(H,20,21). The molecule has 0 aliphatic carbocycles. The maximum Gasteiger partial charge on any atom is 0.416 e. The molecule has 1 aromatic carbocycles. The van der Waals surface area contributed by atoms with Crippen LogP contribution in [-0.4, -0.2) is 5.91 Å². The summed E-state index contributed by atoms with van der Waals surface area (Å²) in [6.45, 7) is 3.16. The van der Waals surface area contributed by atoms with Crippen LogP contribution in [0.2, 0.25) is 0 Å². The van der Waals surface area contributed by atoms with Gasteiger partial charge in [-0.1, -0.05) is 32.0 Å². The fraction of sp³-hybridized carbons (Fsp3) is 0.467. The number of carbonyl (C=O) groups is 1. The Morgan fingerprint density at radius 2 is 1.81 bits per heavy atom. The van der Waals surface area contributed by atoms with Gasteiger partial charge in [0.2, 0.25) is 5.91 Å². The van der Waals surface area contributed by atoms with Crippen LogP contribution in [0.4, 0.5) is 13.2 Å². The predicted octanol–water partition coefficient (Wildman–Crippen LogP) is 3.65. The number of rotatable bonds is 5. The monoisotopic (exact) mass is 298 g/mol. The summed E-state index contributed by atoms with van der Waals surface area (Å²) in [5.74, 6) is -0.535. The van der Waals surface area contributed by atoms with E-state index in [0.29, 0.717) is 12.8 Å². The Balaban J connectivity index is 2.91. The molecule has 0 radical (unpaired) electrons. The van der Waals surface area contributed by atoms with Gasteiger partial charge in [0.1, 0.15) is 5.41 Å². The number of nitrogens with zero attached hydrogens (tertiary/aromatic N) is 1. The van der Waals surface area contributed by atoms with Crippen molar-refractivity contribution in [3.05, 3.63) is 35.4 Å². The number of amides is 1. The molecule has 0 spiro atoms. The molecule has 1 N–H and O–H groups in total. The molecule has 0 aliphatic heterocycles. The smallest absolute Gasteiger partial charge is 0.351 e. The molecule has 21 heavy (non-hydrogen) atoms. The molecule has 0 aromatic heterocycles. The van der Waals surface area contributed by atoms with Gasteiger partial charge in [0.05, 0.1) is 11.6 Å². The third-order valence-electron chi connectivity index (χ3n) is 3.62. The number of carbonyl (C=O) groups excluding carboxylic acids is 1. The second kappa shape index (κ2) is 6.61. The van der Waals surface area contributed by atoms with Gasteiger partial charge in [0.15, 0.2) is 0 Å². The van der Waals surface area contributed by atoms with Gasteiger partial charge in [0.25, 0.3) is 0 Å². The summed E-state index contributed by atoms with van der Waals surface area (Å²) < 4.78 is 38.5. The fourth-order valence-corrected chi connectivity index (χ4v) is 2.08. The molecule has 0 atom stereocenters. The minimum atomic E-state index is -4.47. The molecule has 0 heterocycles. The van der Waals surface area contributed by atoms with Crippen molar-refractivity contribution in [2.75, 3.05) is 0 Å². The number of hydrogen-bond donors (Lipinski definition) is 1. The van der Waals surface area contributed by atoms with Crippen LogP contribution in [0.15, 0.2) is 24.3 Å². The number of nitrogens with one attached hydrogen (secondary N) is 1. The van der Waals surface area contributed by atoms with E-state index in [2.05, 4.69) is 5.32 Å². The largest absolute Gasteiger partial charge is 0.416 e. The Labute approximate surface area is 121 Å². The van der Waals surface area contributed by atoms with Crippen molar-refractivity contribution in [3.63, 3.8) is 0 Å². The molecule has 0 saturated heterocycles. The van der Waals surface area contributed by atoms with Crippen molar-refractivity contribution < 1.29 is 18.0 Å². The maximum atomic E-state index is 12.8. The van der Waals surface area contributed by atoms with E-state index in [-0.39, 0.29) is 12.1 Å². The number of nitriles is 1. The number of hydrogen-bond acceptors (Lipinski definition) is 2. The van der Waals surface area contributed by atoms with E-state index in [1.165, 1.54) is 18.2 Å². The van der Waals surface area contributed by atoms with E-state index < -0.39 is 23.1 Å². The van der Waals surface area contributed by atoms with Gasteiger partial charge in [-0.2, -0.15) is 18.4 Å². The quantitative estimate of drug-likeness (QED) is 0.902. The zero-order valence-corrected chi connectivity index (χ0v) is 11.9. The van der Waals surface area contributed by atoms with E-state index in [0.717, 1.165) is 6.07 Å². The maximum absolute atomic E-state index is 12.8. The second-order valence-electron chi connectivity index (χ2n) is 4.74. The molecule has 0 aliphatic rings. The number of halogens is 3. The molecule has 1 amide bonds. The van der Waals surface area contributed by atoms with Crippen LogP contribution in [0.3, 0.4) is 0 Å². The number of alkyl halides is 3. The van der Waals surface area contributed by atoms with E-state index in [9.17, 15) is 18.0 Å². The highest BCUT2D eigenvalue weighted by Gasteiger charge is 2.36. The Morgan fingerprint density at radius 3 is 2.29 bits per heavy atom. The Morgan fingerprint density at radius 1 is 1.24 bits per heavy atom. The molecule has 0 bridgehead atoms. The van der Waals surface area contributed by atoms with Crippen molar-refractivity contribution in [2.24, 2.45) is 5.41 Å². The first kappa shape index (κ1) is 17.0. The van der Waals surface area contributed by atoms with Crippen molar-refractivity contribution in [2.45, 2.75) is 39.4 Å². The summed E-state index contributed by atoms with van der Waals surface area (Å²) in [7, 11) is 0. The molecule has 0 saturated carbocycles. The third kappa shape index (κ3) is 3.75. The summed E-state index contributed by atoms with van der Waals surface area (Å²) in [6.07, 6.45) is -3.84. The number of benzene rings is 1. The van der Waals surface area contributed by atoms with Gasteiger partial charge in [-0.15, -0.1) is 0 Å². The van der Waals surface area contributed by atoms with Crippen molar-refractivity contribution in [1.29, 1.82) is 5.26 Å². The minimum absolute atomic E-state index is 0.0163. The molecule has 1 rings (SSSR count). The minimum Gasteiger partial charge on any atom is -0.351 e. The Kier molecular flexibility index (Phi) is 5.36. The van der Waals surface area contributed by atoms with Crippen molar-refractivity contribution >= 4 is 5.91 Å². The van der Waals surface area contributed by atoms with Gasteiger partial charge in [-0.25, -0.2) is 0 Å². The predicted molar refractivity (Wildman–Crippen MR) is 71.9 cm³/mol. The van der Waals surface area contributed by atoms with Gasteiger partial charge in [0, 0.05) is 6.54 Å². The molecule has 0 fully saturated rings. The zero-order chi connectivity index (χ0) is 16.1. The van der Waals surface area contributed by atoms with Crippen LogP contribution >= 0.6 is 0 Å². The van der Waals surface area contributed by atoms with Gasteiger partial charge < -0.3 is 5.32 Å². The third-order valence-corrected chi connectivity index (χ3v) is 3.62. The van der Waals surface area contributed by atoms with E-state index in [1.54, 1.807) is 13.8 Å². The van der Waals surface area contributed by atoms with Crippen molar-refractivity contribution in [3.8, 4) is 6.07 Å². The lowest BCUT2D eigenvalue weighted by Crippen LogP contribution is -2.39. The first-order valence-electron chi connectivity index (χ1n) is 6.65. The van der Waals surface area contributed by atoms with Gasteiger partial charge >= 0.3 is 6.18 Å². The first-order valence-corrected chi connectivity index (χ1v) is 6.65. The lowest BCUT2D eigenvalue weighted by molar-refractivity contribution is -0.138. The SMILES string of the molecule is CCC(C#N)(CC)C(=O)NCc1ccccc1C(F)(F)F. The highest BCUT2D eigenvalue weighted by Crippen LogP contribution is 2.32. The molecule has 3 nitrogen and oxygen atoms in total. The van der Waals surface area contributed by atoms with Gasteiger partial charge in [-0.05, 0) is 24.5 Å². The second-order valence-corrected chi connectivity index (χ2v) is 4.74. The van der Waals surface area contributed by atoms with Crippen LogP contribution in [0.5, 0.6) is 0 Å². The highest BCUT2D eigenvalue weighted by molar-refractivity contribution is 5.85. The van der Waals surface area contributed by atoms with Crippen LogP contribution < -0.4 is 5.32 Å². The van der Waals surface area contributed by atoms with Gasteiger partial charge in [-0.3, -0.25) is 4.79 Å². The average molecular weight is 298 g/mol. The summed E-state index contributed by atoms with van der Waals surface area (Å²) in [5.41, 5.74) is -1.98. The van der Waals surface area contributed by atoms with Crippen LogP contribution in [0, 0.1) is 16.7 Å². The lowest BCUT2D eigenvalue weighted by Gasteiger charge is -2.22. The Bertz CT molecular complexity index is 543. The normalized spacial score (nSPS) is 11.8. The van der Waals surface area contributed by atoms with E-state index >= 15 is 0 Å². The lowest BCUT2D eigenvalue weighted by atomic mass is 9.83. The fourth-order valence-electron chi connectivity index (χ4n) is 2.08. The zero-order valence-electron chi connectivity index (χ0n) is 11.9. The summed E-state index contributed by atoms with van der Waals surface area (Å²) >= 11 is 0. The van der Waals surface area contributed by atoms with Crippen molar-refractivity contribution in [1.82, 2.24) is 5.32 Å². The summed E-state index contributed by atoms with van der Waals surface area (Å²) in [4.78, 5) is 12.1. The average Bonchev–Trinajstić information content (AvgIpc) is 2.47. The Hall–Kier alpha value is -2.03. The summed E-state index contributed by atoms with van der Waals surface area (Å²) in [5, 5.41) is 11.6. The molecule has 0 unspecified atom stereocenters. The molecular weight excluding hydrogens is 281 g/mol. The molecule has 114 valence electrons. The van der Waals surface area contributed by atoms with Crippen LogP contribution in [0.1, 0.15) is 37.8 Å². The van der Waals surface area contributed by atoms with Crippen LogP contribution in [0.25, 0.3) is 0 Å². The van der Waals surface area contributed by atoms with E-state index in [1.807, 2.05) is 6.07 Å². The molecular formula is C15H17F3N2O. The molecule has 1 aromatic rings. The molecule has 6 heteroatoms. The summed E-state index contributed by atoms with van der Waals surface area (Å²) in [6, 6.07) is 7.02. The highest BCUT2D eigenvalue weighted by atomic mass is 19.4. The van der Waals surface area contributed by atoms with E-state index in [4.69, 9.17) is 5.26 Å². The van der Waals surface area contributed by atoms with Crippen LogP contribution in [-0.2, 0) is 17.5 Å². The first-order chi connectivity index (χ1) is 9.80. The topological polar surface area (TPSA) is 52.9 Å².